The maximum atomic E-state index is 12.0. The summed E-state index contributed by atoms with van der Waals surface area (Å²) in [6, 6.07) is 8.14. The summed E-state index contributed by atoms with van der Waals surface area (Å²) in [5.41, 5.74) is 7.69. The molecule has 1 aromatic rings. The molecule has 1 aromatic carbocycles. The van der Waals surface area contributed by atoms with Crippen LogP contribution in [0.25, 0.3) is 0 Å². The first-order valence-corrected chi connectivity index (χ1v) is 6.76. The number of amides is 1. The molecule has 0 aliphatic rings. The largest absolute Gasteiger partial charge is 0.399 e. The normalized spacial score (nSPS) is 11.1. The molecule has 19 heavy (non-hydrogen) atoms. The van der Waals surface area contributed by atoms with Crippen molar-refractivity contribution in [2.45, 2.75) is 33.4 Å². The summed E-state index contributed by atoms with van der Waals surface area (Å²) in [7, 11) is 1.83. The predicted octanol–water partition coefficient (Wildman–Crippen LogP) is 1.96. The topological polar surface area (TPSA) is 49.6 Å². The van der Waals surface area contributed by atoms with Gasteiger partial charge in [-0.25, -0.2) is 0 Å². The van der Waals surface area contributed by atoms with Crippen LogP contribution < -0.4 is 5.73 Å². The summed E-state index contributed by atoms with van der Waals surface area (Å²) in [6.07, 6.45) is 0. The molecule has 1 rings (SSSR count). The Morgan fingerprint density at radius 3 is 2.58 bits per heavy atom. The second kappa shape index (κ2) is 7.14. The summed E-state index contributed by atoms with van der Waals surface area (Å²) < 4.78 is 0. The van der Waals surface area contributed by atoms with Crippen molar-refractivity contribution < 1.29 is 4.79 Å². The molecule has 0 unspecified atom stereocenters. The maximum Gasteiger partial charge on any atom is 0.236 e. The number of nitrogens with two attached hydrogens (primary N) is 1. The molecule has 0 bridgehead atoms. The Bertz CT molecular complexity index is 418. The molecule has 0 aliphatic carbocycles. The van der Waals surface area contributed by atoms with Gasteiger partial charge < -0.3 is 10.6 Å². The minimum atomic E-state index is 0.153. The predicted molar refractivity (Wildman–Crippen MR) is 79.7 cm³/mol. The molecular formula is C15H25N3O. The Hall–Kier alpha value is -1.55. The smallest absolute Gasteiger partial charge is 0.236 e. The van der Waals surface area contributed by atoms with Gasteiger partial charge in [0.15, 0.2) is 0 Å². The summed E-state index contributed by atoms with van der Waals surface area (Å²) in [4.78, 5) is 15.9. The number of likely N-dealkylation sites (N-methyl/N-ethyl adjacent to an activating group) is 1. The molecule has 0 radical (unpaired) electrons. The van der Waals surface area contributed by atoms with Crippen LogP contribution in [0.1, 0.15) is 26.3 Å². The fourth-order valence-electron chi connectivity index (χ4n) is 1.82. The van der Waals surface area contributed by atoms with Gasteiger partial charge in [0, 0.05) is 31.9 Å². The van der Waals surface area contributed by atoms with Gasteiger partial charge in [0.1, 0.15) is 0 Å². The van der Waals surface area contributed by atoms with Crippen molar-refractivity contribution in [3.05, 3.63) is 29.8 Å². The van der Waals surface area contributed by atoms with Gasteiger partial charge in [-0.2, -0.15) is 0 Å². The van der Waals surface area contributed by atoms with Gasteiger partial charge >= 0.3 is 0 Å². The van der Waals surface area contributed by atoms with E-state index in [0.29, 0.717) is 12.6 Å². The van der Waals surface area contributed by atoms with Gasteiger partial charge in [0.05, 0.1) is 6.54 Å². The van der Waals surface area contributed by atoms with Crippen LogP contribution in [-0.4, -0.2) is 41.9 Å². The van der Waals surface area contributed by atoms with Crippen molar-refractivity contribution in [3.63, 3.8) is 0 Å². The van der Waals surface area contributed by atoms with Gasteiger partial charge in [-0.3, -0.25) is 9.69 Å². The average Bonchev–Trinajstić information content (AvgIpc) is 2.36. The van der Waals surface area contributed by atoms with Crippen LogP contribution in [0.4, 0.5) is 5.69 Å². The van der Waals surface area contributed by atoms with Crippen LogP contribution in [0.15, 0.2) is 24.3 Å². The van der Waals surface area contributed by atoms with Crippen molar-refractivity contribution in [3.8, 4) is 0 Å². The van der Waals surface area contributed by atoms with Gasteiger partial charge in [0.25, 0.3) is 0 Å². The van der Waals surface area contributed by atoms with E-state index in [1.165, 1.54) is 0 Å². The number of benzene rings is 1. The Labute approximate surface area is 116 Å². The molecule has 0 aliphatic heterocycles. The Morgan fingerprint density at radius 1 is 1.37 bits per heavy atom. The maximum absolute atomic E-state index is 12.0. The molecule has 0 saturated heterocycles. The minimum absolute atomic E-state index is 0.153. The second-order valence-electron chi connectivity index (χ2n) is 5.15. The number of carbonyl (C=O) groups excluding carboxylic acids is 1. The lowest BCUT2D eigenvalue weighted by Gasteiger charge is -2.28. The third kappa shape index (κ3) is 4.91. The molecule has 4 nitrogen and oxygen atoms in total. The van der Waals surface area contributed by atoms with E-state index in [1.807, 2.05) is 38.2 Å². The van der Waals surface area contributed by atoms with Crippen LogP contribution >= 0.6 is 0 Å². The average molecular weight is 263 g/mol. The number of nitrogen functional groups attached to an aromatic ring is 1. The van der Waals surface area contributed by atoms with Crippen molar-refractivity contribution in [1.29, 1.82) is 0 Å². The zero-order valence-corrected chi connectivity index (χ0v) is 12.4. The minimum Gasteiger partial charge on any atom is -0.399 e. The Balaban J connectivity index is 2.71. The van der Waals surface area contributed by atoms with Gasteiger partial charge in [0.2, 0.25) is 5.91 Å². The summed E-state index contributed by atoms with van der Waals surface area (Å²) >= 11 is 0. The van der Waals surface area contributed by atoms with E-state index in [2.05, 4.69) is 18.7 Å². The van der Waals surface area contributed by atoms with E-state index >= 15 is 0 Å². The highest BCUT2D eigenvalue weighted by molar-refractivity contribution is 5.77. The number of rotatable bonds is 6. The lowest BCUT2D eigenvalue weighted by molar-refractivity contribution is -0.131. The summed E-state index contributed by atoms with van der Waals surface area (Å²) in [5.74, 6) is 0.153. The quantitative estimate of drug-likeness (QED) is 0.798. The number of nitrogens with zero attached hydrogens (tertiary/aromatic N) is 2. The molecule has 4 heteroatoms. The van der Waals surface area contributed by atoms with Crippen LogP contribution in [0.2, 0.25) is 0 Å². The first kappa shape index (κ1) is 15.5. The molecule has 0 aromatic heterocycles. The van der Waals surface area contributed by atoms with Crippen molar-refractivity contribution >= 4 is 11.6 Å². The van der Waals surface area contributed by atoms with Crippen molar-refractivity contribution in [2.24, 2.45) is 0 Å². The van der Waals surface area contributed by atoms with E-state index in [0.717, 1.165) is 24.3 Å². The monoisotopic (exact) mass is 263 g/mol. The molecule has 1 amide bonds. The lowest BCUT2D eigenvalue weighted by Crippen LogP contribution is -2.41. The molecule has 0 saturated carbocycles. The zero-order chi connectivity index (χ0) is 14.4. The molecule has 0 spiro atoms. The summed E-state index contributed by atoms with van der Waals surface area (Å²) in [6.45, 7) is 8.11. The second-order valence-corrected chi connectivity index (χ2v) is 5.15. The van der Waals surface area contributed by atoms with E-state index in [9.17, 15) is 4.79 Å². The third-order valence-corrected chi connectivity index (χ3v) is 3.31. The standard InChI is InChI=1S/C15H25N3O/c1-5-17(4)15(19)11-18(12(2)3)10-13-7-6-8-14(16)9-13/h6-9,12H,5,10-11,16H2,1-4H3. The number of hydrogen-bond donors (Lipinski definition) is 1. The van der Waals surface area contributed by atoms with Crippen molar-refractivity contribution in [2.75, 3.05) is 25.9 Å². The lowest BCUT2D eigenvalue weighted by atomic mass is 10.1. The van der Waals surface area contributed by atoms with E-state index in [4.69, 9.17) is 5.73 Å². The molecule has 106 valence electrons. The van der Waals surface area contributed by atoms with E-state index < -0.39 is 0 Å². The molecule has 0 atom stereocenters. The molecular weight excluding hydrogens is 238 g/mol. The fourth-order valence-corrected chi connectivity index (χ4v) is 1.82. The highest BCUT2D eigenvalue weighted by Crippen LogP contribution is 2.12. The third-order valence-electron chi connectivity index (χ3n) is 3.31. The summed E-state index contributed by atoms with van der Waals surface area (Å²) in [5, 5.41) is 0. The molecule has 2 N–H and O–H groups in total. The number of hydrogen-bond acceptors (Lipinski definition) is 3. The number of anilines is 1. The highest BCUT2D eigenvalue weighted by Gasteiger charge is 2.16. The van der Waals surface area contributed by atoms with E-state index in [-0.39, 0.29) is 5.91 Å². The van der Waals surface area contributed by atoms with Gasteiger partial charge in [-0.05, 0) is 38.5 Å². The van der Waals surface area contributed by atoms with Gasteiger partial charge in [-0.1, -0.05) is 12.1 Å². The van der Waals surface area contributed by atoms with Crippen LogP contribution in [0.5, 0.6) is 0 Å². The first-order chi connectivity index (χ1) is 8.93. The Kier molecular flexibility index (Phi) is 5.83. The molecule has 0 heterocycles. The zero-order valence-electron chi connectivity index (χ0n) is 12.4. The first-order valence-electron chi connectivity index (χ1n) is 6.76. The number of carbonyl (C=O) groups is 1. The van der Waals surface area contributed by atoms with E-state index in [1.54, 1.807) is 4.90 Å². The molecule has 0 fully saturated rings. The van der Waals surface area contributed by atoms with Gasteiger partial charge in [-0.15, -0.1) is 0 Å². The van der Waals surface area contributed by atoms with Crippen LogP contribution in [0, 0.1) is 0 Å². The SMILES string of the molecule is CCN(C)C(=O)CN(Cc1cccc(N)c1)C(C)C. The van der Waals surface area contributed by atoms with Crippen molar-refractivity contribution in [1.82, 2.24) is 9.80 Å². The van der Waals surface area contributed by atoms with Crippen LogP contribution in [0.3, 0.4) is 0 Å². The fraction of sp³-hybridized carbons (Fsp3) is 0.533. The Morgan fingerprint density at radius 2 is 2.05 bits per heavy atom. The highest BCUT2D eigenvalue weighted by atomic mass is 16.2. The van der Waals surface area contributed by atoms with Crippen LogP contribution in [-0.2, 0) is 11.3 Å².